The molecule has 0 unspecified atom stereocenters. The summed E-state index contributed by atoms with van der Waals surface area (Å²) < 4.78 is 9.69. The van der Waals surface area contributed by atoms with Gasteiger partial charge in [-0.15, -0.1) is 0 Å². The number of nitrogens with one attached hydrogen (secondary N) is 2. The Balaban J connectivity index is 1.49. The highest BCUT2D eigenvalue weighted by molar-refractivity contribution is 6.31. The van der Waals surface area contributed by atoms with Gasteiger partial charge in [-0.1, -0.05) is 41.9 Å². The molecule has 0 aliphatic carbocycles. The summed E-state index contributed by atoms with van der Waals surface area (Å²) in [5, 5.41) is 6.35. The average molecular weight is 481 g/mol. The zero-order valence-electron chi connectivity index (χ0n) is 18.7. The lowest BCUT2D eigenvalue weighted by Gasteiger charge is -2.10. The van der Waals surface area contributed by atoms with Crippen molar-refractivity contribution in [2.45, 2.75) is 26.3 Å². The van der Waals surface area contributed by atoms with Crippen LogP contribution >= 0.6 is 11.6 Å². The number of benzene rings is 3. The van der Waals surface area contributed by atoms with Crippen molar-refractivity contribution in [3.63, 3.8) is 0 Å². The number of halogens is 1. The van der Waals surface area contributed by atoms with E-state index in [0.717, 1.165) is 11.1 Å². The third-order valence-corrected chi connectivity index (χ3v) is 5.19. The van der Waals surface area contributed by atoms with Crippen molar-refractivity contribution >= 4 is 35.3 Å². The smallest absolute Gasteiger partial charge is 0.434 e. The highest BCUT2D eigenvalue weighted by Gasteiger charge is 2.09. The van der Waals surface area contributed by atoms with Crippen LogP contribution in [0.1, 0.15) is 34.8 Å². The van der Waals surface area contributed by atoms with E-state index in [1.807, 2.05) is 36.4 Å². The number of ether oxygens (including phenoxy) is 2. The molecule has 0 aromatic heterocycles. The van der Waals surface area contributed by atoms with Crippen LogP contribution in [0.3, 0.4) is 0 Å². The Morgan fingerprint density at radius 1 is 0.941 bits per heavy atom. The van der Waals surface area contributed by atoms with E-state index >= 15 is 0 Å². The van der Waals surface area contributed by atoms with Gasteiger partial charge < -0.3 is 20.1 Å². The van der Waals surface area contributed by atoms with Gasteiger partial charge in [0.15, 0.2) is 0 Å². The van der Waals surface area contributed by atoms with Crippen molar-refractivity contribution in [3.05, 3.63) is 94.5 Å². The largest absolute Gasteiger partial charge is 0.513 e. The summed E-state index contributed by atoms with van der Waals surface area (Å²) in [5.41, 5.74) is 2.83. The molecule has 0 fully saturated rings. The fourth-order valence-electron chi connectivity index (χ4n) is 3.13. The van der Waals surface area contributed by atoms with E-state index in [4.69, 9.17) is 21.1 Å². The van der Waals surface area contributed by atoms with E-state index in [1.165, 1.54) is 12.1 Å². The zero-order chi connectivity index (χ0) is 24.3. The third kappa shape index (κ3) is 7.64. The topological polar surface area (TPSA) is 93.7 Å². The lowest BCUT2D eigenvalue weighted by Crippen LogP contribution is -2.22. The Morgan fingerprint density at radius 3 is 2.44 bits per heavy atom. The molecule has 7 nitrogen and oxygen atoms in total. The van der Waals surface area contributed by atoms with Crippen molar-refractivity contribution in [1.82, 2.24) is 5.32 Å². The van der Waals surface area contributed by atoms with E-state index in [2.05, 4.69) is 10.6 Å². The number of hydrogen-bond donors (Lipinski definition) is 2. The fraction of sp³-hybridized carbons (Fsp3) is 0.192. The average Bonchev–Trinajstić information content (AvgIpc) is 2.83. The number of rotatable bonds is 9. The molecule has 0 radical (unpaired) electrons. The van der Waals surface area contributed by atoms with E-state index in [-0.39, 0.29) is 30.7 Å². The van der Waals surface area contributed by atoms with Crippen LogP contribution in [0, 0.1) is 0 Å². The van der Waals surface area contributed by atoms with Crippen LogP contribution in [0.5, 0.6) is 5.75 Å². The second kappa shape index (κ2) is 12.4. The molecule has 0 saturated carbocycles. The van der Waals surface area contributed by atoms with Crippen LogP contribution < -0.4 is 15.4 Å². The first-order valence-electron chi connectivity index (χ1n) is 10.8. The van der Waals surface area contributed by atoms with Gasteiger partial charge in [-0.25, -0.2) is 4.79 Å². The SMILES string of the molecule is CCOC(=O)Oc1ccc(C(=O)NCc2cccc(NC(=O)CCc3ccccc3Cl)c2)cc1. The number of hydrogen-bond acceptors (Lipinski definition) is 5. The summed E-state index contributed by atoms with van der Waals surface area (Å²) in [5.74, 6) is -0.115. The van der Waals surface area contributed by atoms with Crippen LogP contribution in [0.25, 0.3) is 0 Å². The molecule has 0 atom stereocenters. The maximum Gasteiger partial charge on any atom is 0.513 e. The van der Waals surface area contributed by atoms with Crippen molar-refractivity contribution < 1.29 is 23.9 Å². The van der Waals surface area contributed by atoms with E-state index < -0.39 is 6.16 Å². The highest BCUT2D eigenvalue weighted by atomic mass is 35.5. The van der Waals surface area contributed by atoms with Gasteiger partial charge in [-0.05, 0) is 66.9 Å². The molecule has 2 amide bonds. The van der Waals surface area contributed by atoms with Gasteiger partial charge in [0.05, 0.1) is 6.61 Å². The molecule has 0 aliphatic heterocycles. The highest BCUT2D eigenvalue weighted by Crippen LogP contribution is 2.18. The Morgan fingerprint density at radius 2 is 1.71 bits per heavy atom. The molecule has 3 aromatic rings. The first-order chi connectivity index (χ1) is 16.4. The Labute approximate surface area is 203 Å². The zero-order valence-corrected chi connectivity index (χ0v) is 19.4. The summed E-state index contributed by atoms with van der Waals surface area (Å²) in [6.07, 6.45) is 0.0568. The summed E-state index contributed by atoms with van der Waals surface area (Å²) >= 11 is 6.14. The molecule has 0 spiro atoms. The lowest BCUT2D eigenvalue weighted by atomic mass is 10.1. The molecular formula is C26H25ClN2O5. The van der Waals surface area contributed by atoms with Gasteiger partial charge >= 0.3 is 6.16 Å². The molecule has 3 rings (SSSR count). The standard InChI is InChI=1S/C26H25ClN2O5/c1-2-33-26(32)34-22-13-10-20(11-14-22)25(31)28-17-18-6-5-8-21(16-18)29-24(30)15-12-19-7-3-4-9-23(19)27/h3-11,13-14,16H,2,12,15,17H2,1H3,(H,28,31)(H,29,30). The van der Waals surface area contributed by atoms with Gasteiger partial charge in [0.25, 0.3) is 5.91 Å². The summed E-state index contributed by atoms with van der Waals surface area (Å²) in [4.78, 5) is 36.1. The molecule has 8 heteroatoms. The molecule has 0 heterocycles. The minimum atomic E-state index is -0.796. The van der Waals surface area contributed by atoms with Gasteiger partial charge in [-0.2, -0.15) is 0 Å². The molecule has 0 saturated heterocycles. The lowest BCUT2D eigenvalue weighted by molar-refractivity contribution is -0.116. The van der Waals surface area contributed by atoms with Crippen LogP contribution in [-0.4, -0.2) is 24.6 Å². The van der Waals surface area contributed by atoms with Crippen LogP contribution in [0.15, 0.2) is 72.8 Å². The van der Waals surface area contributed by atoms with Crippen molar-refractivity contribution in [1.29, 1.82) is 0 Å². The molecule has 34 heavy (non-hydrogen) atoms. The minimum Gasteiger partial charge on any atom is -0.434 e. The number of carbonyl (C=O) groups excluding carboxylic acids is 3. The summed E-state index contributed by atoms with van der Waals surface area (Å²) in [7, 11) is 0. The monoisotopic (exact) mass is 480 g/mol. The predicted octanol–water partition coefficient (Wildman–Crippen LogP) is 5.38. The summed E-state index contributed by atoms with van der Waals surface area (Å²) in [6, 6.07) is 20.9. The van der Waals surface area contributed by atoms with E-state index in [9.17, 15) is 14.4 Å². The maximum absolute atomic E-state index is 12.4. The molecule has 0 aliphatic rings. The molecule has 176 valence electrons. The van der Waals surface area contributed by atoms with Crippen molar-refractivity contribution in [3.8, 4) is 5.75 Å². The third-order valence-electron chi connectivity index (χ3n) is 4.82. The van der Waals surface area contributed by atoms with E-state index in [0.29, 0.717) is 29.1 Å². The van der Waals surface area contributed by atoms with Crippen molar-refractivity contribution in [2.75, 3.05) is 11.9 Å². The first-order valence-corrected chi connectivity index (χ1v) is 11.2. The number of carbonyl (C=O) groups is 3. The fourth-order valence-corrected chi connectivity index (χ4v) is 3.36. The second-order valence-electron chi connectivity index (χ2n) is 7.33. The molecule has 0 bridgehead atoms. The number of anilines is 1. The minimum absolute atomic E-state index is 0.119. The van der Waals surface area contributed by atoms with Crippen LogP contribution in [0.4, 0.5) is 10.5 Å². The Bertz CT molecular complexity index is 1150. The van der Waals surface area contributed by atoms with E-state index in [1.54, 1.807) is 31.2 Å². The second-order valence-corrected chi connectivity index (χ2v) is 7.74. The number of aryl methyl sites for hydroxylation is 1. The van der Waals surface area contributed by atoms with Crippen molar-refractivity contribution in [2.24, 2.45) is 0 Å². The maximum atomic E-state index is 12.4. The predicted molar refractivity (Wildman–Crippen MR) is 130 cm³/mol. The molecule has 3 aromatic carbocycles. The first kappa shape index (κ1) is 24.8. The van der Waals surface area contributed by atoms with Gasteiger partial charge in [0.2, 0.25) is 5.91 Å². The van der Waals surface area contributed by atoms with Gasteiger partial charge in [0, 0.05) is 29.2 Å². The normalized spacial score (nSPS) is 10.3. The molecule has 2 N–H and O–H groups in total. The van der Waals surface area contributed by atoms with Gasteiger partial charge in [0.1, 0.15) is 5.75 Å². The number of amides is 2. The van der Waals surface area contributed by atoms with Crippen LogP contribution in [0.2, 0.25) is 5.02 Å². The Kier molecular flexibility index (Phi) is 9.05. The van der Waals surface area contributed by atoms with Crippen LogP contribution in [-0.2, 0) is 22.5 Å². The Hall–Kier alpha value is -3.84. The summed E-state index contributed by atoms with van der Waals surface area (Å²) in [6.45, 7) is 2.18. The van der Waals surface area contributed by atoms with Gasteiger partial charge in [-0.3, -0.25) is 9.59 Å². The quantitative estimate of drug-likeness (QED) is 0.317. The molecular weight excluding hydrogens is 456 g/mol.